The number of carboxylic acid groups (broad SMARTS) is 1. The number of nitrogens with zero attached hydrogens (tertiary/aromatic N) is 24. The lowest BCUT2D eigenvalue weighted by atomic mass is 10.0. The molecule has 51 heteroatoms. The molecular formula is C95H97F2N36O11PS. The van der Waals surface area contributed by atoms with Crippen molar-refractivity contribution in [3.05, 3.63) is 285 Å². The highest BCUT2D eigenvalue weighted by Crippen LogP contribution is 2.39. The lowest BCUT2D eigenvalue weighted by Crippen LogP contribution is -2.24. The summed E-state index contributed by atoms with van der Waals surface area (Å²) < 4.78 is 61.0. The second-order valence-electron chi connectivity index (χ2n) is 32.7. The number of hydrogen-bond acceptors (Lipinski definition) is 44. The molecule has 6 aromatic carbocycles. The van der Waals surface area contributed by atoms with E-state index >= 15 is 0 Å². The lowest BCUT2D eigenvalue weighted by molar-refractivity contribution is -0.136. The highest BCUT2D eigenvalue weighted by molar-refractivity contribution is 7.92. The average molecular weight is 2020 g/mol. The van der Waals surface area contributed by atoms with Gasteiger partial charge in [-0.2, -0.15) is 68.6 Å². The number of aliphatic carboxylic acids is 1. The number of phenols is 1. The third-order valence-corrected chi connectivity index (χ3v) is 24.1. The van der Waals surface area contributed by atoms with Crippen LogP contribution in [0, 0.1) is 0 Å². The molecule has 0 unspecified atom stereocenters. The number of carboxylic acids is 1. The topological polar surface area (TPSA) is 828 Å². The van der Waals surface area contributed by atoms with E-state index in [0.29, 0.717) is 173 Å². The molecule has 0 aliphatic rings. The minimum absolute atomic E-state index is 0.00903. The number of aryl methyl sites for hydroxylation is 12. The fourth-order valence-corrected chi connectivity index (χ4v) is 16.0. The summed E-state index contributed by atoms with van der Waals surface area (Å²) in [7, 11) is -8.77. The number of rotatable bonds is 27. The molecule has 18 rings (SSSR count). The first-order chi connectivity index (χ1) is 69.4. The Hall–Kier alpha value is -18.6. The zero-order valence-electron chi connectivity index (χ0n) is 78.1. The van der Waals surface area contributed by atoms with E-state index in [9.17, 15) is 46.7 Å². The Labute approximate surface area is 828 Å². The summed E-state index contributed by atoms with van der Waals surface area (Å²) in [6, 6.07) is 40.1. The largest absolute Gasteiger partial charge is 0.508 e. The predicted octanol–water partition coefficient (Wildman–Crippen LogP) is 8.87. The first-order valence-corrected chi connectivity index (χ1v) is 47.3. The number of aliphatic hydroxyl groups excluding tert-OH is 2. The Kier molecular flexibility index (Phi) is 33.2. The van der Waals surface area contributed by atoms with Crippen molar-refractivity contribution >= 4 is 178 Å². The van der Waals surface area contributed by atoms with Crippen LogP contribution in [-0.2, 0) is 109 Å². The van der Waals surface area contributed by atoms with E-state index in [-0.39, 0.29) is 106 Å². The molecule has 0 aliphatic heterocycles. The van der Waals surface area contributed by atoms with Gasteiger partial charge in [-0.3, -0.25) is 14.2 Å². The summed E-state index contributed by atoms with van der Waals surface area (Å²) in [5, 5.41) is 33.9. The molecule has 748 valence electrons. The number of anilines is 12. The molecule has 47 nitrogen and oxygen atoms in total. The maximum absolute atomic E-state index is 13.2. The number of aliphatic hydroxyl groups is 2. The van der Waals surface area contributed by atoms with Crippen LogP contribution in [0.3, 0.4) is 0 Å². The Morgan fingerprint density at radius 1 is 0.349 bits per heavy atom. The number of nitrogen functional groups attached to an aromatic ring is 12. The first-order valence-electron chi connectivity index (χ1n) is 44.1. The smallest absolute Gasteiger partial charge is 0.347 e. The number of alkyl halides is 2. The van der Waals surface area contributed by atoms with Crippen molar-refractivity contribution in [1.82, 2.24) is 120 Å². The number of sulfone groups is 1. The Bertz CT molecular complexity index is 8150. The molecule has 12 aromatic heterocycles. The van der Waals surface area contributed by atoms with Gasteiger partial charge < -0.3 is 99.0 Å². The van der Waals surface area contributed by atoms with E-state index in [0.717, 1.165) is 73.7 Å². The molecule has 0 spiro atoms. The van der Waals surface area contributed by atoms with Gasteiger partial charge in [0.25, 0.3) is 0 Å². The number of nitrogens with two attached hydrogens (primary N) is 12. The lowest BCUT2D eigenvalue weighted by Gasteiger charge is -2.12. The Balaban J connectivity index is 0.000000147. The van der Waals surface area contributed by atoms with Gasteiger partial charge in [-0.25, -0.2) is 68.2 Å². The molecule has 0 atom stereocenters. The molecule has 146 heavy (non-hydrogen) atoms. The van der Waals surface area contributed by atoms with Gasteiger partial charge in [0.15, 0.2) is 108 Å². The molecule has 0 bridgehead atoms. The van der Waals surface area contributed by atoms with Crippen LogP contribution in [0.5, 0.6) is 5.75 Å². The number of halogens is 2. The number of fused-ring (bicyclic) bond motifs is 6. The number of aromatic nitrogens is 24. The average Bonchev–Trinajstić information content (AvgIpc) is 0.795. The van der Waals surface area contributed by atoms with Gasteiger partial charge in [0, 0.05) is 18.1 Å². The molecule has 18 aromatic rings. The van der Waals surface area contributed by atoms with E-state index in [1.807, 2.05) is 78.9 Å². The van der Waals surface area contributed by atoms with Crippen LogP contribution in [-0.4, -0.2) is 175 Å². The molecule has 0 aliphatic carbocycles. The second-order valence-corrected chi connectivity index (χ2v) is 36.5. The van der Waals surface area contributed by atoms with Crippen LogP contribution in [0.15, 0.2) is 195 Å². The zero-order valence-corrected chi connectivity index (χ0v) is 79.8. The minimum Gasteiger partial charge on any atom is -0.508 e. The molecule has 0 radical (unpaired) electrons. The molecular weight excluding hydrogens is 1920 g/mol. The van der Waals surface area contributed by atoms with Crippen molar-refractivity contribution in [2.24, 2.45) is 0 Å². The van der Waals surface area contributed by atoms with Crippen LogP contribution in [0.4, 0.5) is 79.4 Å². The van der Waals surface area contributed by atoms with Gasteiger partial charge >= 0.3 is 18.8 Å². The van der Waals surface area contributed by atoms with Crippen molar-refractivity contribution in [3.8, 4) is 5.75 Å². The van der Waals surface area contributed by atoms with Gasteiger partial charge in [0.2, 0.25) is 45.5 Å². The van der Waals surface area contributed by atoms with Crippen molar-refractivity contribution in [2.75, 3.05) is 68.8 Å². The Morgan fingerprint density at radius 2 is 0.644 bits per heavy atom. The van der Waals surface area contributed by atoms with Gasteiger partial charge in [-0.1, -0.05) is 122 Å². The first kappa shape index (κ1) is 105. The monoisotopic (exact) mass is 2020 g/mol. The predicted molar refractivity (Wildman–Crippen MR) is 547 cm³/mol. The maximum atomic E-state index is 13.2. The SMILES string of the molecule is C=C(O)c1ccc(CCc2cnc3nc(N)nc(N)c3n2)cc1O.C=C(O)c1ccccc1CCc1cnc2nc(N)nc(N)c2n1.CC(=O)c1cccc(CCc2cnc3nc(N)nc(N)c3n2)c1.CC(F)(F)S(=O)(=O)c1ccc(CCc2cnc3nc(N)nc(N)c3n2)cc1.Nc1nc(N)c2nc(CCc3cccc(CC(=O)O)c3)cnc2n1.Nc1nc(N)c2nc(CCc3cccc(CP(=O)(O)O)c3)cnc2n1. The van der Waals surface area contributed by atoms with E-state index in [4.69, 9.17) is 83.7 Å². The van der Waals surface area contributed by atoms with Gasteiger partial charge in [-0.15, -0.1) is 0 Å². The van der Waals surface area contributed by atoms with Crippen molar-refractivity contribution < 1.29 is 61.6 Å². The van der Waals surface area contributed by atoms with Crippen molar-refractivity contribution in [3.63, 3.8) is 0 Å². The van der Waals surface area contributed by atoms with E-state index in [1.54, 1.807) is 74.3 Å². The second kappa shape index (κ2) is 46.2. The number of phenolic OH excluding ortho intramolecular Hbond substituents is 1. The summed E-state index contributed by atoms with van der Waals surface area (Å²) in [6.07, 6.45) is 16.9. The molecule has 12 heterocycles. The Morgan fingerprint density at radius 3 is 0.966 bits per heavy atom. The van der Waals surface area contributed by atoms with Gasteiger partial charge in [0.1, 0.15) is 17.3 Å². The number of Topliss-reactive ketones (excluding diaryl/α,β-unsaturated/α-hetero) is 1. The van der Waals surface area contributed by atoms with Crippen LogP contribution < -0.4 is 68.8 Å². The number of carbonyl (C=O) groups excluding carboxylic acids is 1. The van der Waals surface area contributed by atoms with Gasteiger partial charge in [-0.05, 0) is 159 Å². The number of aromatic hydroxyl groups is 1. The maximum Gasteiger partial charge on any atom is 0.347 e. The van der Waals surface area contributed by atoms with E-state index < -0.39 is 33.6 Å². The van der Waals surface area contributed by atoms with Crippen LogP contribution in [0.2, 0.25) is 0 Å². The fraction of sp³-hybridized carbons (Fsp3) is 0.179. The molecule has 0 saturated heterocycles. The van der Waals surface area contributed by atoms with Crippen LogP contribution in [0.1, 0.15) is 114 Å². The van der Waals surface area contributed by atoms with Crippen molar-refractivity contribution in [1.29, 1.82) is 0 Å². The van der Waals surface area contributed by atoms with Gasteiger partial charge in [0.05, 0.1) is 94.4 Å². The highest BCUT2D eigenvalue weighted by atomic mass is 32.2. The van der Waals surface area contributed by atoms with Crippen LogP contribution in [0.25, 0.3) is 78.5 Å². The summed E-state index contributed by atoms with van der Waals surface area (Å²) in [5.74, 6) is 0.557. The zero-order chi connectivity index (χ0) is 105. The third-order valence-electron chi connectivity index (χ3n) is 21.5. The standard InChI is InChI=1S/C16H16F2N6O2S.2C16H16N6O2.2C16H16N6O.C15H17N6O3P/c1-16(17,18)27(25,26)11-6-3-9(4-7-11)2-5-10-8-21-14-12(22-10)13(19)23-15(20)24-14;1-8(23)11-5-3-9(6-12(11)24)2-4-10-7-19-15-13(20-10)14(17)21-16(18)22-15;17-14-13-15(22-16(18)21-14)19-8-11(20-13)5-4-9-2-1-3-10(6-9)7-12(23)24;1-9(23)11-4-2-3-10(7-11)5-6-12-8-19-15-13(20-12)14(17)21-16(18)22-15;1-9(23)12-5-3-2-4-10(12)6-7-11-8-19-15-13(20-11)14(17)21-16(18)22-15;16-13-12-14(21-15(17)20-13)18-7-11(19-12)5-4-9-2-1-3-10(6-9)8-25(22,23)24/h3-4,6-8H,2,5H2,1H3,(H4,19,20,21,23,24);3,5-7,23-24H,1-2,4H2,(H4,17,18,19,21,22);1-3,6,8H,4-5,7H2,(H,23,24)(H4,17,18,19,21,22);2-4,7-8H,5-6H2,1H3,(H4,17,18,19,21,22);2-5,8,23H,1,6-7H2,(H4,17,18,19,21,22);1-3,6-7H,4-5,8H2,(H2,22,23,24)(H4,16,17,18,20,21). The van der Waals surface area contributed by atoms with E-state index in [2.05, 4.69) is 133 Å². The number of ketones is 1. The molecule has 0 amide bonds. The third kappa shape index (κ3) is 28.4. The number of carbonyl (C=O) groups is 2. The fourth-order valence-electron chi connectivity index (χ4n) is 14.4. The molecule has 30 N–H and O–H groups in total. The van der Waals surface area contributed by atoms with E-state index in [1.165, 1.54) is 30.5 Å². The van der Waals surface area contributed by atoms with Crippen LogP contribution >= 0.6 is 7.60 Å². The minimum atomic E-state index is -4.69. The molecule has 0 fully saturated rings. The quantitative estimate of drug-likeness (QED) is 0.0130. The summed E-state index contributed by atoms with van der Waals surface area (Å²) in [4.78, 5) is 139. The summed E-state index contributed by atoms with van der Waals surface area (Å²) >= 11 is 0. The molecule has 0 saturated carbocycles. The number of hydrogen-bond donors (Lipinski definition) is 18. The highest BCUT2D eigenvalue weighted by Gasteiger charge is 2.40. The summed E-state index contributed by atoms with van der Waals surface area (Å²) in [6.45, 7) is 8.90. The number of benzene rings is 6. The normalized spacial score (nSPS) is 11.3. The summed E-state index contributed by atoms with van der Waals surface area (Å²) in [5.41, 5.74) is 85.8. The van der Waals surface area contributed by atoms with Crippen molar-refractivity contribution in [2.45, 2.75) is 114 Å².